The summed E-state index contributed by atoms with van der Waals surface area (Å²) in [5, 5.41) is 0. The van der Waals surface area contributed by atoms with Crippen molar-refractivity contribution in [2.24, 2.45) is 5.73 Å². The van der Waals surface area contributed by atoms with Gasteiger partial charge in [0, 0.05) is 0 Å². The van der Waals surface area contributed by atoms with E-state index in [2.05, 4.69) is 14.1 Å². The SMILES string of the molecule is C[B]C1(N)CCCCC1. The molecule has 1 saturated carbocycles. The Hall–Kier alpha value is 0.0249. The topological polar surface area (TPSA) is 26.0 Å². The molecule has 0 aromatic rings. The number of hydrogen-bond donors (Lipinski definition) is 1. The molecule has 1 rings (SSSR count). The van der Waals surface area contributed by atoms with Crippen LogP contribution in [0.5, 0.6) is 0 Å². The maximum atomic E-state index is 6.00. The Bertz CT molecular complexity index is 86.9. The molecule has 9 heavy (non-hydrogen) atoms. The van der Waals surface area contributed by atoms with Crippen LogP contribution in [0.15, 0.2) is 0 Å². The van der Waals surface area contributed by atoms with Gasteiger partial charge in [0.15, 0.2) is 0 Å². The fraction of sp³-hybridized carbons (Fsp3) is 1.00. The molecular weight excluding hydrogens is 109 g/mol. The van der Waals surface area contributed by atoms with Crippen LogP contribution in [0.3, 0.4) is 0 Å². The maximum absolute atomic E-state index is 6.00. The lowest BCUT2D eigenvalue weighted by Crippen LogP contribution is -2.46. The second-order valence-electron chi connectivity index (χ2n) is 3.08. The molecule has 0 atom stereocenters. The highest BCUT2D eigenvalue weighted by molar-refractivity contribution is 6.38. The van der Waals surface area contributed by atoms with Gasteiger partial charge in [-0.25, -0.2) is 0 Å². The van der Waals surface area contributed by atoms with Crippen molar-refractivity contribution in [3.8, 4) is 0 Å². The molecule has 51 valence electrons. The van der Waals surface area contributed by atoms with E-state index in [-0.39, 0.29) is 5.44 Å². The van der Waals surface area contributed by atoms with Crippen molar-refractivity contribution >= 4 is 7.28 Å². The summed E-state index contributed by atoms with van der Waals surface area (Å²) in [7, 11) is 2.16. The largest absolute Gasteiger partial charge is 0.332 e. The summed E-state index contributed by atoms with van der Waals surface area (Å²) in [6.07, 6.45) is 6.42. The molecule has 0 amide bonds. The lowest BCUT2D eigenvalue weighted by atomic mass is 9.55. The first kappa shape index (κ1) is 7.14. The summed E-state index contributed by atoms with van der Waals surface area (Å²) in [5.74, 6) is 0. The molecule has 1 aliphatic rings. The van der Waals surface area contributed by atoms with E-state index in [4.69, 9.17) is 5.73 Å². The Labute approximate surface area is 58.3 Å². The molecule has 2 heteroatoms. The molecule has 0 aliphatic heterocycles. The minimum atomic E-state index is 0.0955. The summed E-state index contributed by atoms with van der Waals surface area (Å²) < 4.78 is 0. The molecule has 0 unspecified atom stereocenters. The average Bonchev–Trinajstić information content (AvgIpc) is 1.90. The van der Waals surface area contributed by atoms with E-state index in [1.807, 2.05) is 0 Å². The molecule has 0 aromatic heterocycles. The number of hydrogen-bond acceptors (Lipinski definition) is 1. The summed E-state index contributed by atoms with van der Waals surface area (Å²) in [4.78, 5) is 0. The van der Waals surface area contributed by atoms with Crippen molar-refractivity contribution in [1.29, 1.82) is 0 Å². The fourth-order valence-corrected chi connectivity index (χ4v) is 1.50. The van der Waals surface area contributed by atoms with Gasteiger partial charge in [-0.15, -0.1) is 0 Å². The van der Waals surface area contributed by atoms with E-state index in [1.165, 1.54) is 32.1 Å². The van der Waals surface area contributed by atoms with Gasteiger partial charge in [0.2, 0.25) is 0 Å². The van der Waals surface area contributed by atoms with E-state index in [0.717, 1.165) is 0 Å². The molecular formula is C7H15BN. The van der Waals surface area contributed by atoms with Crippen LogP contribution in [0.25, 0.3) is 0 Å². The molecule has 0 heterocycles. The van der Waals surface area contributed by atoms with Gasteiger partial charge in [-0.1, -0.05) is 26.1 Å². The van der Waals surface area contributed by atoms with Crippen molar-refractivity contribution < 1.29 is 0 Å². The molecule has 2 N–H and O–H groups in total. The van der Waals surface area contributed by atoms with Gasteiger partial charge in [0.25, 0.3) is 0 Å². The summed E-state index contributed by atoms with van der Waals surface area (Å²) >= 11 is 0. The van der Waals surface area contributed by atoms with Crippen LogP contribution in [0.4, 0.5) is 0 Å². The molecule has 0 aromatic carbocycles. The molecule has 0 saturated heterocycles. The highest BCUT2D eigenvalue weighted by Gasteiger charge is 2.24. The Morgan fingerprint density at radius 3 is 2.11 bits per heavy atom. The quantitative estimate of drug-likeness (QED) is 0.524. The zero-order valence-electron chi connectivity index (χ0n) is 6.19. The number of nitrogens with two attached hydrogens (primary N) is 1. The third kappa shape index (κ3) is 1.72. The normalized spacial score (nSPS) is 25.6. The number of rotatable bonds is 1. The van der Waals surface area contributed by atoms with Gasteiger partial charge in [0.05, 0.1) is 0 Å². The molecule has 1 nitrogen and oxygen atoms in total. The van der Waals surface area contributed by atoms with Gasteiger partial charge < -0.3 is 5.73 Å². The van der Waals surface area contributed by atoms with Gasteiger partial charge in [-0.2, -0.15) is 0 Å². The molecule has 1 aliphatic carbocycles. The zero-order chi connectivity index (χ0) is 6.74. The lowest BCUT2D eigenvalue weighted by Gasteiger charge is -2.31. The Morgan fingerprint density at radius 2 is 1.78 bits per heavy atom. The van der Waals surface area contributed by atoms with E-state index < -0.39 is 0 Å². The minimum absolute atomic E-state index is 0.0955. The van der Waals surface area contributed by atoms with Gasteiger partial charge in [-0.05, 0) is 18.3 Å². The Kier molecular flexibility index (Phi) is 2.17. The first-order valence-corrected chi connectivity index (χ1v) is 3.86. The fourth-order valence-electron chi connectivity index (χ4n) is 1.50. The first-order chi connectivity index (χ1) is 4.27. The van der Waals surface area contributed by atoms with Crippen LogP contribution in [-0.4, -0.2) is 12.7 Å². The van der Waals surface area contributed by atoms with Crippen molar-refractivity contribution in [1.82, 2.24) is 0 Å². The van der Waals surface area contributed by atoms with Crippen molar-refractivity contribution in [3.63, 3.8) is 0 Å². The van der Waals surface area contributed by atoms with E-state index in [9.17, 15) is 0 Å². The van der Waals surface area contributed by atoms with E-state index >= 15 is 0 Å². The van der Waals surface area contributed by atoms with E-state index in [0.29, 0.717) is 0 Å². The van der Waals surface area contributed by atoms with Crippen molar-refractivity contribution in [3.05, 3.63) is 0 Å². The standard InChI is InChI=1S/C7H15BN/c1-8-7(9)5-3-2-4-6-7/h2-6,9H2,1H3. The molecule has 1 radical (unpaired) electrons. The Balaban J connectivity index is 2.37. The van der Waals surface area contributed by atoms with Gasteiger partial charge in [0.1, 0.15) is 7.28 Å². The summed E-state index contributed by atoms with van der Waals surface area (Å²) in [6, 6.07) is 0. The van der Waals surface area contributed by atoms with Crippen molar-refractivity contribution in [2.45, 2.75) is 44.4 Å². The molecule has 0 bridgehead atoms. The van der Waals surface area contributed by atoms with Crippen LogP contribution in [-0.2, 0) is 0 Å². The highest BCUT2D eigenvalue weighted by Crippen LogP contribution is 2.24. The highest BCUT2D eigenvalue weighted by atomic mass is 14.7. The molecule has 0 spiro atoms. The monoisotopic (exact) mass is 124 g/mol. The predicted molar refractivity (Wildman–Crippen MR) is 41.6 cm³/mol. The van der Waals surface area contributed by atoms with Gasteiger partial charge >= 0.3 is 0 Å². The molecule has 1 fully saturated rings. The smallest absolute Gasteiger partial charge is 0.133 e. The van der Waals surface area contributed by atoms with Crippen LogP contribution in [0.1, 0.15) is 32.1 Å². The summed E-state index contributed by atoms with van der Waals surface area (Å²) in [6.45, 7) is 2.07. The zero-order valence-corrected chi connectivity index (χ0v) is 6.19. The predicted octanol–water partition coefficient (Wildman–Crippen LogP) is 1.36. The minimum Gasteiger partial charge on any atom is -0.332 e. The third-order valence-corrected chi connectivity index (χ3v) is 2.36. The van der Waals surface area contributed by atoms with Crippen LogP contribution in [0.2, 0.25) is 6.82 Å². The van der Waals surface area contributed by atoms with Crippen molar-refractivity contribution in [2.75, 3.05) is 0 Å². The summed E-state index contributed by atoms with van der Waals surface area (Å²) in [5.41, 5.74) is 6.10. The first-order valence-electron chi connectivity index (χ1n) is 3.86. The maximum Gasteiger partial charge on any atom is 0.133 e. The van der Waals surface area contributed by atoms with Crippen LogP contribution < -0.4 is 5.73 Å². The third-order valence-electron chi connectivity index (χ3n) is 2.36. The van der Waals surface area contributed by atoms with Crippen LogP contribution in [0, 0.1) is 0 Å². The van der Waals surface area contributed by atoms with Crippen LogP contribution >= 0.6 is 0 Å². The van der Waals surface area contributed by atoms with Gasteiger partial charge in [-0.3, -0.25) is 0 Å². The second-order valence-corrected chi connectivity index (χ2v) is 3.08. The average molecular weight is 124 g/mol. The second kappa shape index (κ2) is 2.74. The Morgan fingerprint density at radius 1 is 1.22 bits per heavy atom. The van der Waals surface area contributed by atoms with E-state index in [1.54, 1.807) is 0 Å². The lowest BCUT2D eigenvalue weighted by molar-refractivity contribution is 0.394.